The van der Waals surface area contributed by atoms with Gasteiger partial charge in [-0.25, -0.2) is 0 Å². The lowest BCUT2D eigenvalue weighted by Crippen LogP contribution is -3.17. The Balaban J connectivity index is 1.76. The van der Waals surface area contributed by atoms with Crippen LogP contribution in [0.4, 0.5) is 0 Å². The molecule has 2 N–H and O–H groups in total. The summed E-state index contributed by atoms with van der Waals surface area (Å²) in [5.74, 6) is 0. The minimum absolute atomic E-state index is 0.831. The minimum Gasteiger partial charge on any atom is -0.337 e. The van der Waals surface area contributed by atoms with Crippen LogP contribution in [0, 0.1) is 0 Å². The van der Waals surface area contributed by atoms with E-state index in [0.717, 1.165) is 12.6 Å². The van der Waals surface area contributed by atoms with Gasteiger partial charge in [-0.1, -0.05) is 42.5 Å². The van der Waals surface area contributed by atoms with Crippen LogP contribution in [0.25, 0.3) is 10.8 Å². The summed E-state index contributed by atoms with van der Waals surface area (Å²) in [6, 6.07) is 16.3. The summed E-state index contributed by atoms with van der Waals surface area (Å²) in [5, 5.41) is 2.79. The van der Waals surface area contributed by atoms with Crippen molar-refractivity contribution in [1.29, 1.82) is 0 Å². The monoisotopic (exact) mass is 270 g/mol. The van der Waals surface area contributed by atoms with Gasteiger partial charge in [0.1, 0.15) is 6.54 Å². The molecule has 0 amide bonds. The van der Waals surface area contributed by atoms with E-state index in [0.29, 0.717) is 0 Å². The molecule has 0 aliphatic carbocycles. The molecule has 0 spiro atoms. The molecule has 1 saturated heterocycles. The van der Waals surface area contributed by atoms with Gasteiger partial charge in [0.25, 0.3) is 0 Å². The van der Waals surface area contributed by atoms with Gasteiger partial charge >= 0.3 is 0 Å². The normalized spacial score (nSPS) is 24.7. The molecule has 106 valence electrons. The fourth-order valence-corrected chi connectivity index (χ4v) is 3.49. The standard InChI is InChI=1S/C18H24N2/c1-19-12-10-17(11-13-19)20(2)14-16-8-5-7-15-6-3-4-9-18(15)16/h3-9,17H,10-14H2,1-2H3/p+2. The Hall–Kier alpha value is -1.38. The van der Waals surface area contributed by atoms with Crippen molar-refractivity contribution < 1.29 is 9.80 Å². The van der Waals surface area contributed by atoms with Gasteiger partial charge in [-0.2, -0.15) is 0 Å². The van der Waals surface area contributed by atoms with E-state index in [9.17, 15) is 0 Å². The molecule has 0 saturated carbocycles. The van der Waals surface area contributed by atoms with Crippen LogP contribution in [0.15, 0.2) is 42.5 Å². The topological polar surface area (TPSA) is 8.88 Å². The third-order valence-electron chi connectivity index (χ3n) is 4.89. The molecule has 3 rings (SSSR count). The van der Waals surface area contributed by atoms with Gasteiger partial charge in [0.05, 0.1) is 33.2 Å². The zero-order valence-corrected chi connectivity index (χ0v) is 12.7. The van der Waals surface area contributed by atoms with Gasteiger partial charge in [0, 0.05) is 18.4 Å². The predicted octanol–water partition coefficient (Wildman–Crippen LogP) is 0.532. The first kappa shape index (κ1) is 13.6. The van der Waals surface area contributed by atoms with Crippen LogP contribution in [0.2, 0.25) is 0 Å². The van der Waals surface area contributed by atoms with Crippen molar-refractivity contribution in [1.82, 2.24) is 0 Å². The van der Waals surface area contributed by atoms with Crippen LogP contribution >= 0.6 is 0 Å². The predicted molar refractivity (Wildman–Crippen MR) is 84.2 cm³/mol. The molecule has 2 aromatic carbocycles. The van der Waals surface area contributed by atoms with E-state index in [-0.39, 0.29) is 0 Å². The number of fused-ring (bicyclic) bond motifs is 1. The number of benzene rings is 2. The molecule has 20 heavy (non-hydrogen) atoms. The molecule has 1 aliphatic rings. The third kappa shape index (κ3) is 2.87. The summed E-state index contributed by atoms with van der Waals surface area (Å²) in [4.78, 5) is 3.37. The van der Waals surface area contributed by atoms with Crippen LogP contribution in [0.5, 0.6) is 0 Å². The van der Waals surface area contributed by atoms with Gasteiger partial charge in [-0.15, -0.1) is 0 Å². The van der Waals surface area contributed by atoms with E-state index in [1.165, 1.54) is 42.3 Å². The average molecular weight is 270 g/mol. The van der Waals surface area contributed by atoms with E-state index in [1.54, 1.807) is 9.80 Å². The quantitative estimate of drug-likeness (QED) is 0.805. The first-order chi connectivity index (χ1) is 9.74. The maximum atomic E-state index is 2.37. The Kier molecular flexibility index (Phi) is 4.04. The van der Waals surface area contributed by atoms with Crippen molar-refractivity contribution in [2.45, 2.75) is 25.4 Å². The number of hydrogen-bond acceptors (Lipinski definition) is 0. The summed E-state index contributed by atoms with van der Waals surface area (Å²) in [5.41, 5.74) is 1.49. The van der Waals surface area contributed by atoms with Crippen LogP contribution in [0.3, 0.4) is 0 Å². The zero-order chi connectivity index (χ0) is 13.9. The molecular formula is C18H26N2+2. The maximum Gasteiger partial charge on any atom is 0.103 e. The Morgan fingerprint density at radius 2 is 1.75 bits per heavy atom. The molecule has 1 unspecified atom stereocenters. The second-order valence-corrected chi connectivity index (χ2v) is 6.39. The summed E-state index contributed by atoms with van der Waals surface area (Å²) in [7, 11) is 4.68. The van der Waals surface area contributed by atoms with E-state index < -0.39 is 0 Å². The Labute approximate surface area is 122 Å². The highest BCUT2D eigenvalue weighted by Crippen LogP contribution is 2.17. The first-order valence-electron chi connectivity index (χ1n) is 7.84. The lowest BCUT2D eigenvalue weighted by atomic mass is 10.0. The lowest BCUT2D eigenvalue weighted by molar-refractivity contribution is -0.948. The van der Waals surface area contributed by atoms with E-state index in [4.69, 9.17) is 0 Å². The minimum atomic E-state index is 0.831. The number of nitrogens with one attached hydrogen (secondary N) is 2. The van der Waals surface area contributed by atoms with Crippen LogP contribution < -0.4 is 9.80 Å². The summed E-state index contributed by atoms with van der Waals surface area (Å²) in [6.07, 6.45) is 2.73. The number of piperidine rings is 1. The third-order valence-corrected chi connectivity index (χ3v) is 4.89. The molecule has 1 heterocycles. The van der Waals surface area contributed by atoms with E-state index in [1.807, 2.05) is 0 Å². The van der Waals surface area contributed by atoms with Crippen molar-refractivity contribution >= 4 is 10.8 Å². The molecule has 2 nitrogen and oxygen atoms in total. The lowest BCUT2D eigenvalue weighted by Gasteiger charge is -2.31. The number of likely N-dealkylation sites (tertiary alicyclic amines) is 1. The van der Waals surface area contributed by atoms with Gasteiger partial charge in [-0.3, -0.25) is 0 Å². The van der Waals surface area contributed by atoms with Gasteiger partial charge in [-0.05, 0) is 10.8 Å². The molecule has 1 aliphatic heterocycles. The molecular weight excluding hydrogens is 244 g/mol. The molecule has 1 fully saturated rings. The van der Waals surface area contributed by atoms with Crippen molar-refractivity contribution in [2.75, 3.05) is 27.2 Å². The highest BCUT2D eigenvalue weighted by Gasteiger charge is 2.26. The number of quaternary nitrogens is 2. The van der Waals surface area contributed by atoms with E-state index in [2.05, 4.69) is 56.6 Å². The summed E-state index contributed by atoms with van der Waals surface area (Å²) in [6.45, 7) is 3.81. The fraction of sp³-hybridized carbons (Fsp3) is 0.444. The van der Waals surface area contributed by atoms with Gasteiger partial charge < -0.3 is 9.80 Å². The second kappa shape index (κ2) is 5.94. The largest absolute Gasteiger partial charge is 0.337 e. The summed E-state index contributed by atoms with van der Waals surface area (Å²) < 4.78 is 0. The van der Waals surface area contributed by atoms with E-state index >= 15 is 0 Å². The van der Waals surface area contributed by atoms with Crippen LogP contribution in [-0.2, 0) is 6.54 Å². The molecule has 2 aromatic rings. The molecule has 0 aromatic heterocycles. The first-order valence-corrected chi connectivity index (χ1v) is 7.84. The highest BCUT2D eigenvalue weighted by atomic mass is 15.2. The fourth-order valence-electron chi connectivity index (χ4n) is 3.49. The SMILES string of the molecule is C[NH+]1CCC([NH+](C)Cc2cccc3ccccc23)CC1. The van der Waals surface area contributed by atoms with Crippen LogP contribution in [-0.4, -0.2) is 33.2 Å². The van der Waals surface area contributed by atoms with Crippen LogP contribution in [0.1, 0.15) is 18.4 Å². The number of hydrogen-bond donors (Lipinski definition) is 2. The van der Waals surface area contributed by atoms with Crippen molar-refractivity contribution in [3.8, 4) is 0 Å². The van der Waals surface area contributed by atoms with Crippen molar-refractivity contribution in [3.05, 3.63) is 48.0 Å². The molecule has 0 radical (unpaired) electrons. The Morgan fingerprint density at radius 3 is 2.55 bits per heavy atom. The molecule has 0 bridgehead atoms. The molecule has 2 heteroatoms. The second-order valence-electron chi connectivity index (χ2n) is 6.39. The smallest absolute Gasteiger partial charge is 0.103 e. The van der Waals surface area contributed by atoms with Crippen molar-refractivity contribution in [2.24, 2.45) is 0 Å². The average Bonchev–Trinajstić information content (AvgIpc) is 2.48. The molecule has 1 atom stereocenters. The Morgan fingerprint density at radius 1 is 1.05 bits per heavy atom. The number of rotatable bonds is 3. The van der Waals surface area contributed by atoms with Gasteiger partial charge in [0.15, 0.2) is 0 Å². The van der Waals surface area contributed by atoms with Gasteiger partial charge in [0.2, 0.25) is 0 Å². The summed E-state index contributed by atoms with van der Waals surface area (Å²) >= 11 is 0. The Bertz CT molecular complexity index is 565. The maximum absolute atomic E-state index is 2.37. The van der Waals surface area contributed by atoms with Crippen molar-refractivity contribution in [3.63, 3.8) is 0 Å². The zero-order valence-electron chi connectivity index (χ0n) is 12.7. The highest BCUT2D eigenvalue weighted by molar-refractivity contribution is 5.85.